The Labute approximate surface area is 107 Å². The molecule has 6 N–H and O–H groups in total. The lowest BCUT2D eigenvalue weighted by Crippen LogP contribution is -2.42. The lowest BCUT2D eigenvalue weighted by molar-refractivity contribution is 0.133. The zero-order valence-electron chi connectivity index (χ0n) is 10.6. The van der Waals surface area contributed by atoms with Crippen LogP contribution in [0.5, 0.6) is 0 Å². The molecule has 1 unspecified atom stereocenters. The van der Waals surface area contributed by atoms with E-state index >= 15 is 0 Å². The zero-order chi connectivity index (χ0) is 14.1. The number of rotatable bonds is 4. The topological polar surface area (TPSA) is 118 Å². The maximum absolute atomic E-state index is 11.5. The number of anilines is 2. The molecule has 0 amide bonds. The quantitative estimate of drug-likeness (QED) is 0.595. The number of nitrogen functional groups attached to an aromatic ring is 1. The molecule has 0 aromatic heterocycles. The van der Waals surface area contributed by atoms with Gasteiger partial charge >= 0.3 is 0 Å². The van der Waals surface area contributed by atoms with Crippen LogP contribution in [0, 0.1) is 0 Å². The highest BCUT2D eigenvalue weighted by Gasteiger charge is 2.26. The van der Waals surface area contributed by atoms with E-state index in [0.29, 0.717) is 11.4 Å². The molecule has 1 aromatic rings. The minimum Gasteiger partial charge on any atom is -0.399 e. The van der Waals surface area contributed by atoms with Crippen molar-refractivity contribution in [1.82, 2.24) is 0 Å². The van der Waals surface area contributed by atoms with Crippen LogP contribution in [0.25, 0.3) is 0 Å². The van der Waals surface area contributed by atoms with Crippen LogP contribution in [0.15, 0.2) is 23.1 Å². The van der Waals surface area contributed by atoms with Crippen molar-refractivity contribution in [3.05, 3.63) is 18.2 Å². The monoisotopic (exact) mass is 273 g/mol. The van der Waals surface area contributed by atoms with Crippen LogP contribution in [0.3, 0.4) is 0 Å². The Bertz CT molecular complexity index is 538. The van der Waals surface area contributed by atoms with Crippen LogP contribution in [0.4, 0.5) is 11.4 Å². The van der Waals surface area contributed by atoms with Gasteiger partial charge in [0.25, 0.3) is 0 Å². The van der Waals surface area contributed by atoms with Gasteiger partial charge in [0.2, 0.25) is 10.0 Å². The third kappa shape index (κ3) is 3.34. The van der Waals surface area contributed by atoms with E-state index in [1.807, 2.05) is 0 Å². The first kappa shape index (κ1) is 14.7. The van der Waals surface area contributed by atoms with Gasteiger partial charge in [-0.2, -0.15) is 0 Å². The smallest absolute Gasteiger partial charge is 0.240 e. The molecule has 0 aliphatic carbocycles. The van der Waals surface area contributed by atoms with Crippen molar-refractivity contribution in [1.29, 1.82) is 0 Å². The highest BCUT2D eigenvalue weighted by atomic mass is 32.2. The summed E-state index contributed by atoms with van der Waals surface area (Å²) in [6.07, 6.45) is -0.677. The van der Waals surface area contributed by atoms with Gasteiger partial charge < -0.3 is 16.2 Å². The zero-order valence-corrected chi connectivity index (χ0v) is 11.5. The molecule has 7 heteroatoms. The minimum absolute atomic E-state index is 0.0868. The van der Waals surface area contributed by atoms with Crippen molar-refractivity contribution in [2.45, 2.75) is 37.3 Å². The normalized spacial score (nSPS) is 14.3. The standard InChI is InChI=1S/C11H19N3O3S/c1-7(15)11(2,3)14-9-5-4-8(12)6-10(9)18(13,16)17/h4-7,14-15H,12H2,1-3H3,(H2,13,16,17). The summed E-state index contributed by atoms with van der Waals surface area (Å²) in [5.74, 6) is 0. The lowest BCUT2D eigenvalue weighted by atomic mass is 9.98. The molecule has 0 fully saturated rings. The Hall–Kier alpha value is -1.31. The van der Waals surface area contributed by atoms with Crippen molar-refractivity contribution < 1.29 is 13.5 Å². The molecule has 18 heavy (non-hydrogen) atoms. The number of primary sulfonamides is 1. The third-order valence-electron chi connectivity index (χ3n) is 2.81. The average Bonchev–Trinajstić information content (AvgIpc) is 2.18. The van der Waals surface area contributed by atoms with E-state index < -0.39 is 21.7 Å². The molecule has 102 valence electrons. The van der Waals surface area contributed by atoms with Gasteiger partial charge in [0.05, 0.1) is 17.3 Å². The molecule has 1 atom stereocenters. The largest absolute Gasteiger partial charge is 0.399 e. The van der Waals surface area contributed by atoms with Gasteiger partial charge in [0.15, 0.2) is 0 Å². The van der Waals surface area contributed by atoms with E-state index in [0.717, 1.165) is 0 Å². The van der Waals surface area contributed by atoms with Crippen LogP contribution in [0.1, 0.15) is 20.8 Å². The van der Waals surface area contributed by atoms with Crippen LogP contribution in [-0.4, -0.2) is 25.2 Å². The first-order valence-electron chi connectivity index (χ1n) is 5.42. The Balaban J connectivity index is 3.26. The van der Waals surface area contributed by atoms with E-state index in [2.05, 4.69) is 5.32 Å². The van der Waals surface area contributed by atoms with Crippen molar-refractivity contribution >= 4 is 21.4 Å². The van der Waals surface area contributed by atoms with Gasteiger partial charge in [-0.15, -0.1) is 0 Å². The second-order valence-corrected chi connectivity index (χ2v) is 6.35. The van der Waals surface area contributed by atoms with Gasteiger partial charge in [-0.05, 0) is 39.0 Å². The maximum atomic E-state index is 11.5. The number of hydrogen-bond acceptors (Lipinski definition) is 5. The number of hydrogen-bond donors (Lipinski definition) is 4. The van der Waals surface area contributed by atoms with Gasteiger partial charge in [0.1, 0.15) is 4.90 Å². The molecule has 0 radical (unpaired) electrons. The van der Waals surface area contributed by atoms with E-state index in [1.54, 1.807) is 26.8 Å². The SMILES string of the molecule is CC(O)C(C)(C)Nc1ccc(N)cc1S(N)(=O)=O. The Morgan fingerprint density at radius 3 is 2.39 bits per heavy atom. The summed E-state index contributed by atoms with van der Waals surface area (Å²) in [5, 5.41) is 17.7. The summed E-state index contributed by atoms with van der Waals surface area (Å²) in [7, 11) is -3.88. The molecule has 0 saturated carbocycles. The van der Waals surface area contributed by atoms with Crippen molar-refractivity contribution in [2.24, 2.45) is 5.14 Å². The molecule has 0 spiro atoms. The van der Waals surface area contributed by atoms with Crippen molar-refractivity contribution in [2.75, 3.05) is 11.1 Å². The van der Waals surface area contributed by atoms with Gasteiger partial charge in [-0.3, -0.25) is 0 Å². The summed E-state index contributed by atoms with van der Waals surface area (Å²) < 4.78 is 23.0. The summed E-state index contributed by atoms with van der Waals surface area (Å²) in [6, 6.07) is 4.38. The molecular formula is C11H19N3O3S. The number of aliphatic hydroxyl groups excluding tert-OH is 1. The summed E-state index contributed by atoms with van der Waals surface area (Å²) >= 11 is 0. The molecule has 0 saturated heterocycles. The van der Waals surface area contributed by atoms with Gasteiger partial charge in [-0.1, -0.05) is 0 Å². The fraction of sp³-hybridized carbons (Fsp3) is 0.455. The van der Waals surface area contributed by atoms with Crippen LogP contribution in [0.2, 0.25) is 0 Å². The fourth-order valence-electron chi connectivity index (χ4n) is 1.33. The molecule has 6 nitrogen and oxygen atoms in total. The van der Waals surface area contributed by atoms with E-state index in [1.165, 1.54) is 12.1 Å². The van der Waals surface area contributed by atoms with Crippen LogP contribution in [-0.2, 0) is 10.0 Å². The molecule has 0 aliphatic heterocycles. The Morgan fingerprint density at radius 1 is 1.39 bits per heavy atom. The summed E-state index contributed by atoms with van der Waals surface area (Å²) in [4.78, 5) is -0.0868. The fourth-order valence-corrected chi connectivity index (χ4v) is 2.06. The second-order valence-electron chi connectivity index (χ2n) is 4.82. The number of nitrogens with one attached hydrogen (secondary N) is 1. The lowest BCUT2D eigenvalue weighted by Gasteiger charge is -2.31. The summed E-state index contributed by atoms with van der Waals surface area (Å²) in [5.41, 5.74) is 5.47. The number of benzene rings is 1. The minimum atomic E-state index is -3.88. The Morgan fingerprint density at radius 2 is 1.94 bits per heavy atom. The van der Waals surface area contributed by atoms with Gasteiger partial charge in [-0.25, -0.2) is 13.6 Å². The third-order valence-corrected chi connectivity index (χ3v) is 3.76. The Kier molecular flexibility index (Phi) is 3.89. The van der Waals surface area contributed by atoms with Crippen LogP contribution < -0.4 is 16.2 Å². The molecule has 0 heterocycles. The van der Waals surface area contributed by atoms with E-state index in [4.69, 9.17) is 10.9 Å². The van der Waals surface area contributed by atoms with Gasteiger partial charge in [0, 0.05) is 5.69 Å². The maximum Gasteiger partial charge on any atom is 0.240 e. The summed E-state index contributed by atoms with van der Waals surface area (Å²) in [6.45, 7) is 5.11. The molecular weight excluding hydrogens is 254 g/mol. The number of nitrogens with two attached hydrogens (primary N) is 2. The van der Waals surface area contributed by atoms with E-state index in [-0.39, 0.29) is 4.90 Å². The average molecular weight is 273 g/mol. The second kappa shape index (κ2) is 4.75. The highest BCUT2D eigenvalue weighted by Crippen LogP contribution is 2.26. The highest BCUT2D eigenvalue weighted by molar-refractivity contribution is 7.89. The predicted molar refractivity (Wildman–Crippen MR) is 71.6 cm³/mol. The predicted octanol–water partition coefficient (Wildman–Crippen LogP) is 0.488. The molecule has 0 aliphatic rings. The van der Waals surface area contributed by atoms with Crippen LogP contribution >= 0.6 is 0 Å². The first-order chi connectivity index (χ1) is 8.04. The molecule has 1 aromatic carbocycles. The number of sulfonamides is 1. The molecule has 1 rings (SSSR count). The molecule has 0 bridgehead atoms. The van der Waals surface area contributed by atoms with Crippen molar-refractivity contribution in [3.8, 4) is 0 Å². The first-order valence-corrected chi connectivity index (χ1v) is 6.97. The number of aliphatic hydroxyl groups is 1. The van der Waals surface area contributed by atoms with Crippen molar-refractivity contribution in [3.63, 3.8) is 0 Å². The van der Waals surface area contributed by atoms with E-state index in [9.17, 15) is 13.5 Å².